The van der Waals surface area contributed by atoms with Gasteiger partial charge in [-0.05, 0) is 37.1 Å². The standard InChI is InChI=1S/C20H19N7O3/c21-12-14-3-1-4-15(11-14)24-16(28)13-27-17(29)20(25-19(27)30)5-9-26(10-6-20)18-22-7-2-8-23-18/h1-4,7-8,11H,5-6,9-10,13H2,(H,24,28)(H,25,30). The molecule has 0 unspecified atom stereocenters. The highest BCUT2D eigenvalue weighted by molar-refractivity contribution is 6.10. The Bertz CT molecular complexity index is 1030. The van der Waals surface area contributed by atoms with E-state index in [-0.39, 0.29) is 0 Å². The summed E-state index contributed by atoms with van der Waals surface area (Å²) in [5.41, 5.74) is -0.184. The molecule has 1 aromatic carbocycles. The average Bonchev–Trinajstić information content (AvgIpc) is 2.99. The molecule has 0 radical (unpaired) electrons. The molecule has 4 rings (SSSR count). The summed E-state index contributed by atoms with van der Waals surface area (Å²) in [4.78, 5) is 49.1. The van der Waals surface area contributed by atoms with Crippen LogP contribution in [0.25, 0.3) is 0 Å². The third-order valence-corrected chi connectivity index (χ3v) is 5.28. The molecule has 2 N–H and O–H groups in total. The van der Waals surface area contributed by atoms with Crippen LogP contribution in [0.5, 0.6) is 0 Å². The molecule has 3 heterocycles. The molecule has 10 heteroatoms. The molecule has 1 aromatic heterocycles. The molecule has 10 nitrogen and oxygen atoms in total. The summed E-state index contributed by atoms with van der Waals surface area (Å²) in [6.07, 6.45) is 4.11. The number of nitrogens with one attached hydrogen (secondary N) is 2. The van der Waals surface area contributed by atoms with E-state index in [2.05, 4.69) is 20.6 Å². The van der Waals surface area contributed by atoms with Crippen molar-refractivity contribution in [2.24, 2.45) is 0 Å². The van der Waals surface area contributed by atoms with Gasteiger partial charge < -0.3 is 15.5 Å². The zero-order valence-electron chi connectivity index (χ0n) is 16.0. The molecule has 2 aliphatic heterocycles. The van der Waals surface area contributed by atoms with E-state index in [9.17, 15) is 14.4 Å². The minimum Gasteiger partial charge on any atom is -0.341 e. The second-order valence-corrected chi connectivity index (χ2v) is 7.18. The van der Waals surface area contributed by atoms with Gasteiger partial charge in [0.05, 0.1) is 11.6 Å². The van der Waals surface area contributed by atoms with E-state index in [1.807, 2.05) is 11.0 Å². The lowest BCUT2D eigenvalue weighted by Gasteiger charge is -2.37. The lowest BCUT2D eigenvalue weighted by atomic mass is 9.87. The zero-order valence-corrected chi connectivity index (χ0v) is 16.0. The van der Waals surface area contributed by atoms with Gasteiger partial charge >= 0.3 is 6.03 Å². The largest absolute Gasteiger partial charge is 0.341 e. The first-order valence-electron chi connectivity index (χ1n) is 9.47. The first-order valence-corrected chi connectivity index (χ1v) is 9.47. The van der Waals surface area contributed by atoms with Gasteiger partial charge in [-0.1, -0.05) is 6.07 Å². The van der Waals surface area contributed by atoms with Crippen LogP contribution >= 0.6 is 0 Å². The molecule has 2 saturated heterocycles. The normalized spacial score (nSPS) is 17.6. The van der Waals surface area contributed by atoms with Crippen molar-refractivity contribution in [2.45, 2.75) is 18.4 Å². The second kappa shape index (κ2) is 7.79. The van der Waals surface area contributed by atoms with Gasteiger partial charge in [-0.2, -0.15) is 5.26 Å². The Labute approximate surface area is 172 Å². The predicted molar refractivity (Wildman–Crippen MR) is 106 cm³/mol. The van der Waals surface area contributed by atoms with Crippen LogP contribution in [0.1, 0.15) is 18.4 Å². The van der Waals surface area contributed by atoms with Crippen molar-refractivity contribution in [3.8, 4) is 6.07 Å². The molecule has 2 aromatic rings. The number of hydrogen-bond acceptors (Lipinski definition) is 7. The highest BCUT2D eigenvalue weighted by Crippen LogP contribution is 2.30. The fourth-order valence-corrected chi connectivity index (χ4v) is 3.71. The molecule has 0 atom stereocenters. The Morgan fingerprint density at radius 3 is 2.63 bits per heavy atom. The van der Waals surface area contributed by atoms with Gasteiger partial charge in [0.2, 0.25) is 11.9 Å². The molecular formula is C20H19N7O3. The maximum atomic E-state index is 13.0. The summed E-state index contributed by atoms with van der Waals surface area (Å²) in [6.45, 7) is 0.628. The van der Waals surface area contributed by atoms with Gasteiger partial charge in [0.15, 0.2) is 0 Å². The van der Waals surface area contributed by atoms with Crippen molar-refractivity contribution < 1.29 is 14.4 Å². The number of nitrogens with zero attached hydrogens (tertiary/aromatic N) is 5. The van der Waals surface area contributed by atoms with E-state index in [0.29, 0.717) is 43.1 Å². The summed E-state index contributed by atoms with van der Waals surface area (Å²) in [5.74, 6) is -0.331. The van der Waals surface area contributed by atoms with Crippen molar-refractivity contribution in [1.82, 2.24) is 20.2 Å². The van der Waals surface area contributed by atoms with E-state index < -0.39 is 29.9 Å². The number of anilines is 2. The Kier molecular flexibility index (Phi) is 5.02. The van der Waals surface area contributed by atoms with Crippen molar-refractivity contribution >= 4 is 29.5 Å². The zero-order chi connectivity index (χ0) is 21.1. The SMILES string of the molecule is N#Cc1cccc(NC(=O)CN2C(=O)NC3(CCN(c4ncccn4)CC3)C2=O)c1. The summed E-state index contributed by atoms with van der Waals surface area (Å²) < 4.78 is 0. The van der Waals surface area contributed by atoms with Crippen LogP contribution in [-0.2, 0) is 9.59 Å². The predicted octanol–water partition coefficient (Wildman–Crippen LogP) is 0.878. The molecule has 2 aliphatic rings. The van der Waals surface area contributed by atoms with Gasteiger partial charge in [-0.15, -0.1) is 0 Å². The van der Waals surface area contributed by atoms with E-state index in [4.69, 9.17) is 5.26 Å². The highest BCUT2D eigenvalue weighted by Gasteiger charge is 2.52. The Morgan fingerprint density at radius 1 is 1.20 bits per heavy atom. The molecule has 0 aliphatic carbocycles. The monoisotopic (exact) mass is 405 g/mol. The first-order chi connectivity index (χ1) is 14.5. The quantitative estimate of drug-likeness (QED) is 0.722. The average molecular weight is 405 g/mol. The van der Waals surface area contributed by atoms with Gasteiger partial charge in [-0.25, -0.2) is 14.8 Å². The van der Waals surface area contributed by atoms with Crippen molar-refractivity contribution in [3.63, 3.8) is 0 Å². The first kappa shape index (κ1) is 19.3. The number of aromatic nitrogens is 2. The topological polar surface area (TPSA) is 131 Å². The number of hydrogen-bond donors (Lipinski definition) is 2. The summed E-state index contributed by atoms with van der Waals surface area (Å²) in [6, 6.07) is 9.55. The summed E-state index contributed by atoms with van der Waals surface area (Å²) >= 11 is 0. The number of carbonyl (C=O) groups excluding carboxylic acids is 3. The molecule has 152 valence electrons. The number of rotatable bonds is 4. The number of imide groups is 1. The van der Waals surface area contributed by atoms with Crippen molar-refractivity contribution in [3.05, 3.63) is 48.3 Å². The third-order valence-electron chi connectivity index (χ3n) is 5.28. The van der Waals surface area contributed by atoms with E-state index in [1.54, 1.807) is 36.7 Å². The number of piperidine rings is 1. The van der Waals surface area contributed by atoms with Crippen LogP contribution in [0.3, 0.4) is 0 Å². The van der Waals surface area contributed by atoms with Crippen LogP contribution in [-0.4, -0.2) is 57.9 Å². The maximum absolute atomic E-state index is 13.0. The van der Waals surface area contributed by atoms with Crippen LogP contribution in [0, 0.1) is 11.3 Å². The molecule has 0 bridgehead atoms. The maximum Gasteiger partial charge on any atom is 0.325 e. The number of amides is 4. The van der Waals surface area contributed by atoms with Gasteiger partial charge in [0, 0.05) is 31.2 Å². The summed E-state index contributed by atoms with van der Waals surface area (Å²) in [5, 5.41) is 14.3. The Morgan fingerprint density at radius 2 is 1.93 bits per heavy atom. The highest BCUT2D eigenvalue weighted by atomic mass is 16.2. The minimum atomic E-state index is -1.01. The number of urea groups is 1. The Balaban J connectivity index is 1.39. The lowest BCUT2D eigenvalue weighted by molar-refractivity contribution is -0.134. The van der Waals surface area contributed by atoms with Crippen LogP contribution in [0.4, 0.5) is 16.4 Å². The van der Waals surface area contributed by atoms with Gasteiger partial charge in [-0.3, -0.25) is 14.5 Å². The summed E-state index contributed by atoms with van der Waals surface area (Å²) in [7, 11) is 0. The minimum absolute atomic E-state index is 0.394. The van der Waals surface area contributed by atoms with Crippen molar-refractivity contribution in [2.75, 3.05) is 29.9 Å². The van der Waals surface area contributed by atoms with E-state index in [0.717, 1.165) is 4.90 Å². The smallest absolute Gasteiger partial charge is 0.325 e. The second-order valence-electron chi connectivity index (χ2n) is 7.18. The number of carbonyl (C=O) groups is 3. The number of benzene rings is 1. The molecule has 4 amide bonds. The fourth-order valence-electron chi connectivity index (χ4n) is 3.71. The lowest BCUT2D eigenvalue weighted by Crippen LogP contribution is -2.55. The van der Waals surface area contributed by atoms with E-state index in [1.165, 1.54) is 6.07 Å². The third kappa shape index (κ3) is 3.65. The van der Waals surface area contributed by atoms with E-state index >= 15 is 0 Å². The van der Waals surface area contributed by atoms with Crippen LogP contribution in [0.15, 0.2) is 42.7 Å². The molecule has 2 fully saturated rings. The molecule has 0 saturated carbocycles. The molecule has 30 heavy (non-hydrogen) atoms. The molecular weight excluding hydrogens is 386 g/mol. The van der Waals surface area contributed by atoms with Gasteiger partial charge in [0.25, 0.3) is 5.91 Å². The molecule has 1 spiro atoms. The number of nitriles is 1. The van der Waals surface area contributed by atoms with Crippen LogP contribution in [0.2, 0.25) is 0 Å². The van der Waals surface area contributed by atoms with Gasteiger partial charge in [0.1, 0.15) is 12.1 Å². The fraction of sp³-hybridized carbons (Fsp3) is 0.300. The van der Waals surface area contributed by atoms with Crippen LogP contribution < -0.4 is 15.5 Å². The van der Waals surface area contributed by atoms with Crippen molar-refractivity contribution in [1.29, 1.82) is 5.26 Å². The Hall–Kier alpha value is -4.00.